The van der Waals surface area contributed by atoms with Crippen molar-refractivity contribution in [3.8, 4) is 11.5 Å². The zero-order chi connectivity index (χ0) is 15.5. The Kier molecular flexibility index (Phi) is 4.70. The molecule has 0 spiro atoms. The van der Waals surface area contributed by atoms with Crippen molar-refractivity contribution in [3.63, 3.8) is 0 Å². The van der Waals surface area contributed by atoms with Gasteiger partial charge in [0, 0.05) is 5.41 Å². The van der Waals surface area contributed by atoms with E-state index in [0.717, 1.165) is 11.3 Å². The number of benzene rings is 2. The van der Waals surface area contributed by atoms with Gasteiger partial charge in [-0.3, -0.25) is 0 Å². The molecular formula is C17H22O3Si. The van der Waals surface area contributed by atoms with Gasteiger partial charge in [-0.2, -0.15) is 0 Å². The van der Waals surface area contributed by atoms with Crippen LogP contribution in [0.15, 0.2) is 48.5 Å². The summed E-state index contributed by atoms with van der Waals surface area (Å²) in [5, 5.41) is 9.41. The topological polar surface area (TPSA) is 38.7 Å². The van der Waals surface area contributed by atoms with Crippen LogP contribution in [0.4, 0.5) is 0 Å². The molecule has 0 bridgehead atoms. The number of hydrogen-bond donors (Lipinski definition) is 1. The van der Waals surface area contributed by atoms with E-state index < -0.39 is 9.04 Å². The maximum atomic E-state index is 9.41. The van der Waals surface area contributed by atoms with Gasteiger partial charge in [0.1, 0.15) is 5.75 Å². The van der Waals surface area contributed by atoms with Crippen LogP contribution in [0.3, 0.4) is 0 Å². The van der Waals surface area contributed by atoms with E-state index in [4.69, 9.17) is 9.46 Å². The predicted molar refractivity (Wildman–Crippen MR) is 87.3 cm³/mol. The second kappa shape index (κ2) is 6.33. The molecule has 0 aliphatic carbocycles. The van der Waals surface area contributed by atoms with Crippen molar-refractivity contribution in [2.24, 2.45) is 0 Å². The summed E-state index contributed by atoms with van der Waals surface area (Å²) in [7, 11) is -1.19. The molecule has 0 aliphatic heterocycles. The Hall–Kier alpha value is -1.78. The lowest BCUT2D eigenvalue weighted by atomic mass is 9.78. The minimum atomic E-state index is -1.19. The number of hydrogen-bond acceptors (Lipinski definition) is 3. The van der Waals surface area contributed by atoms with Crippen molar-refractivity contribution in [1.29, 1.82) is 0 Å². The van der Waals surface area contributed by atoms with Crippen LogP contribution >= 0.6 is 0 Å². The molecule has 0 atom stereocenters. The van der Waals surface area contributed by atoms with Crippen LogP contribution in [0.1, 0.15) is 25.0 Å². The Morgan fingerprint density at radius 1 is 0.857 bits per heavy atom. The molecule has 21 heavy (non-hydrogen) atoms. The van der Waals surface area contributed by atoms with Crippen LogP contribution in [0.2, 0.25) is 13.1 Å². The number of rotatable bonds is 5. The van der Waals surface area contributed by atoms with Gasteiger partial charge in [0.25, 0.3) is 0 Å². The Morgan fingerprint density at radius 2 is 1.33 bits per heavy atom. The van der Waals surface area contributed by atoms with Gasteiger partial charge >= 0.3 is 0 Å². The molecule has 0 saturated heterocycles. The highest BCUT2D eigenvalue weighted by Gasteiger charge is 2.23. The maximum Gasteiger partial charge on any atom is 0.233 e. The van der Waals surface area contributed by atoms with E-state index in [-0.39, 0.29) is 11.2 Å². The van der Waals surface area contributed by atoms with E-state index in [0.29, 0.717) is 0 Å². The summed E-state index contributed by atoms with van der Waals surface area (Å²) < 4.78 is 5.26. The molecule has 0 aromatic heterocycles. The Morgan fingerprint density at radius 3 is 1.81 bits per heavy atom. The third kappa shape index (κ3) is 3.86. The van der Waals surface area contributed by atoms with E-state index in [2.05, 4.69) is 26.9 Å². The molecule has 2 aromatic rings. The smallest absolute Gasteiger partial charge is 0.233 e. The summed E-state index contributed by atoms with van der Waals surface area (Å²) in [5.74, 6) is 1.01. The van der Waals surface area contributed by atoms with Crippen molar-refractivity contribution in [1.82, 2.24) is 0 Å². The molecule has 1 N–H and O–H groups in total. The first-order valence-corrected chi connectivity index (χ1v) is 9.91. The molecule has 4 heteroatoms. The van der Waals surface area contributed by atoms with Gasteiger partial charge in [0.2, 0.25) is 9.04 Å². The summed E-state index contributed by atoms with van der Waals surface area (Å²) in [6.07, 6.45) is 0. The number of phenolic OH excluding ortho intramolecular Hbond substituents is 1. The third-order valence-corrected chi connectivity index (χ3v) is 3.98. The first kappa shape index (κ1) is 15.6. The van der Waals surface area contributed by atoms with Crippen LogP contribution in [0.25, 0.3) is 0 Å². The molecule has 3 nitrogen and oxygen atoms in total. The Bertz CT molecular complexity index is 574. The van der Waals surface area contributed by atoms with Crippen molar-refractivity contribution >= 4 is 9.04 Å². The Balaban J connectivity index is 2.18. The van der Waals surface area contributed by atoms with Crippen LogP contribution in [0.5, 0.6) is 11.5 Å². The molecule has 112 valence electrons. The Labute approximate surface area is 127 Å². The van der Waals surface area contributed by atoms with E-state index in [1.54, 1.807) is 12.1 Å². The molecule has 0 aliphatic rings. The van der Waals surface area contributed by atoms with Crippen molar-refractivity contribution in [3.05, 3.63) is 59.7 Å². The fourth-order valence-corrected chi connectivity index (χ4v) is 2.43. The quantitative estimate of drug-likeness (QED) is 0.515. The van der Waals surface area contributed by atoms with Gasteiger partial charge in [0.05, 0.1) is 0 Å². The van der Waals surface area contributed by atoms with Crippen LogP contribution < -0.4 is 4.89 Å². The van der Waals surface area contributed by atoms with Gasteiger partial charge in [-0.15, -0.1) is 0 Å². The van der Waals surface area contributed by atoms with E-state index in [1.165, 1.54) is 5.56 Å². The minimum absolute atomic E-state index is 0.139. The SMILES string of the molecule is C[SiH](C)OOc1ccc(C(C)(C)c2ccc(O)cc2)cc1. The monoisotopic (exact) mass is 302 g/mol. The van der Waals surface area contributed by atoms with Crippen LogP contribution in [-0.4, -0.2) is 14.1 Å². The second-order valence-corrected chi connectivity index (χ2v) is 8.21. The summed E-state index contributed by atoms with van der Waals surface area (Å²) in [5.41, 5.74) is 2.20. The van der Waals surface area contributed by atoms with Crippen molar-refractivity contribution < 1.29 is 14.6 Å². The highest BCUT2D eigenvalue weighted by molar-refractivity contribution is 6.48. The van der Waals surface area contributed by atoms with Crippen LogP contribution in [-0.2, 0) is 9.99 Å². The van der Waals surface area contributed by atoms with E-state index in [9.17, 15) is 5.11 Å². The predicted octanol–water partition coefficient (Wildman–Crippen LogP) is 4.01. The average Bonchev–Trinajstić information content (AvgIpc) is 2.46. The zero-order valence-corrected chi connectivity index (χ0v) is 14.1. The van der Waals surface area contributed by atoms with Gasteiger partial charge < -0.3 is 9.99 Å². The largest absolute Gasteiger partial charge is 0.508 e. The maximum absolute atomic E-state index is 9.41. The van der Waals surface area contributed by atoms with Crippen molar-refractivity contribution in [2.75, 3.05) is 0 Å². The number of phenols is 1. The van der Waals surface area contributed by atoms with Gasteiger partial charge in [-0.1, -0.05) is 38.1 Å². The number of aromatic hydroxyl groups is 1. The van der Waals surface area contributed by atoms with E-state index >= 15 is 0 Å². The summed E-state index contributed by atoms with van der Waals surface area (Å²) >= 11 is 0. The first-order valence-electron chi connectivity index (χ1n) is 7.13. The zero-order valence-electron chi connectivity index (χ0n) is 13.0. The molecular weight excluding hydrogens is 280 g/mol. The van der Waals surface area contributed by atoms with Crippen molar-refractivity contribution in [2.45, 2.75) is 32.4 Å². The fraction of sp³-hybridized carbons (Fsp3) is 0.294. The third-order valence-electron chi connectivity index (χ3n) is 3.50. The average molecular weight is 302 g/mol. The molecule has 0 heterocycles. The molecule has 0 saturated carbocycles. The van der Waals surface area contributed by atoms with Gasteiger partial charge in [-0.05, 0) is 48.5 Å². The molecule has 0 amide bonds. The summed E-state index contributed by atoms with van der Waals surface area (Å²) in [6.45, 7) is 8.43. The first-order chi connectivity index (χ1) is 9.89. The summed E-state index contributed by atoms with van der Waals surface area (Å²) in [4.78, 5) is 5.29. The lowest BCUT2D eigenvalue weighted by molar-refractivity contribution is -0.104. The second-order valence-electron chi connectivity index (χ2n) is 5.92. The molecule has 2 rings (SSSR count). The highest BCUT2D eigenvalue weighted by atomic mass is 28.3. The molecule has 2 aromatic carbocycles. The fourth-order valence-electron chi connectivity index (χ4n) is 2.12. The standard InChI is InChI=1S/C17H22O3Si/c1-17(2,13-5-9-15(18)10-6-13)14-7-11-16(12-8-14)19-20-21(3)4/h5-12,18,21H,1-4H3. The van der Waals surface area contributed by atoms with Crippen LogP contribution in [0, 0.1) is 0 Å². The highest BCUT2D eigenvalue weighted by Crippen LogP contribution is 2.33. The molecule has 0 radical (unpaired) electrons. The van der Waals surface area contributed by atoms with Gasteiger partial charge in [0.15, 0.2) is 5.75 Å². The molecule has 0 unspecified atom stereocenters. The minimum Gasteiger partial charge on any atom is -0.508 e. The van der Waals surface area contributed by atoms with E-state index in [1.807, 2.05) is 36.4 Å². The lowest BCUT2D eigenvalue weighted by Gasteiger charge is -2.26. The molecule has 0 fully saturated rings. The van der Waals surface area contributed by atoms with Gasteiger partial charge in [-0.25, -0.2) is 4.58 Å². The summed E-state index contributed by atoms with van der Waals surface area (Å²) in [6, 6.07) is 15.3. The normalized spacial score (nSPS) is 11.7. The lowest BCUT2D eigenvalue weighted by Crippen LogP contribution is -2.18.